The highest BCUT2D eigenvalue weighted by Crippen LogP contribution is 2.29. The Morgan fingerprint density at radius 3 is 2.54 bits per heavy atom. The molecular weight excluding hydrogens is 162 g/mol. The van der Waals surface area contributed by atoms with E-state index in [9.17, 15) is 0 Å². The molecule has 0 aromatic carbocycles. The number of hydrogen-bond acceptors (Lipinski definition) is 2. The second-order valence-corrected chi connectivity index (χ2v) is 3.97. The van der Waals surface area contributed by atoms with Gasteiger partial charge in [0.15, 0.2) is 0 Å². The summed E-state index contributed by atoms with van der Waals surface area (Å²) in [6.45, 7) is 3.68. The Morgan fingerprint density at radius 2 is 2.00 bits per heavy atom. The Labute approximate surface area is 81.8 Å². The van der Waals surface area contributed by atoms with Crippen LogP contribution in [0.15, 0.2) is 0 Å². The van der Waals surface area contributed by atoms with E-state index in [1.165, 1.54) is 32.1 Å². The Balaban J connectivity index is 2.32. The lowest BCUT2D eigenvalue weighted by Gasteiger charge is -2.29. The quantitative estimate of drug-likeness (QED) is 0.713. The molecule has 0 heterocycles. The Kier molecular flexibility index (Phi) is 5.40. The van der Waals surface area contributed by atoms with Gasteiger partial charge >= 0.3 is 0 Å². The van der Waals surface area contributed by atoms with E-state index >= 15 is 0 Å². The van der Waals surface area contributed by atoms with Crippen LogP contribution in [0.25, 0.3) is 0 Å². The molecule has 2 heteroatoms. The van der Waals surface area contributed by atoms with Gasteiger partial charge in [-0.2, -0.15) is 0 Å². The maximum atomic E-state index is 5.74. The summed E-state index contributed by atoms with van der Waals surface area (Å²) in [6.07, 6.45) is 8.37. The summed E-state index contributed by atoms with van der Waals surface area (Å²) < 4.78 is 5.74. The molecule has 1 aliphatic rings. The fourth-order valence-corrected chi connectivity index (χ4v) is 2.34. The van der Waals surface area contributed by atoms with Gasteiger partial charge in [-0.1, -0.05) is 19.3 Å². The van der Waals surface area contributed by atoms with Crippen LogP contribution in [0.4, 0.5) is 0 Å². The third kappa shape index (κ3) is 3.65. The van der Waals surface area contributed by atoms with E-state index in [1.807, 2.05) is 0 Å². The van der Waals surface area contributed by atoms with Crippen molar-refractivity contribution in [3.8, 4) is 0 Å². The van der Waals surface area contributed by atoms with Crippen LogP contribution < -0.4 is 5.73 Å². The molecule has 0 aromatic heterocycles. The first-order valence-corrected chi connectivity index (χ1v) is 5.70. The monoisotopic (exact) mass is 185 g/mol. The lowest BCUT2D eigenvalue weighted by Crippen LogP contribution is -2.28. The van der Waals surface area contributed by atoms with E-state index in [4.69, 9.17) is 10.5 Å². The second kappa shape index (κ2) is 6.39. The SMILES string of the molecule is CCOC(CCN)C1CCCCC1. The van der Waals surface area contributed by atoms with Crippen molar-refractivity contribution in [3.63, 3.8) is 0 Å². The van der Waals surface area contributed by atoms with E-state index in [0.29, 0.717) is 6.10 Å². The average Bonchev–Trinajstić information content (AvgIpc) is 2.19. The number of ether oxygens (including phenoxy) is 1. The van der Waals surface area contributed by atoms with Gasteiger partial charge in [0.1, 0.15) is 0 Å². The van der Waals surface area contributed by atoms with Crippen molar-refractivity contribution in [1.29, 1.82) is 0 Å². The molecule has 78 valence electrons. The molecule has 1 aliphatic carbocycles. The molecule has 0 aliphatic heterocycles. The minimum Gasteiger partial charge on any atom is -0.378 e. The topological polar surface area (TPSA) is 35.2 Å². The summed E-state index contributed by atoms with van der Waals surface area (Å²) in [5, 5.41) is 0. The van der Waals surface area contributed by atoms with Crippen molar-refractivity contribution in [3.05, 3.63) is 0 Å². The molecule has 1 unspecified atom stereocenters. The molecule has 1 atom stereocenters. The minimum atomic E-state index is 0.440. The van der Waals surface area contributed by atoms with Crippen molar-refractivity contribution in [2.75, 3.05) is 13.2 Å². The van der Waals surface area contributed by atoms with Crippen LogP contribution in [0, 0.1) is 5.92 Å². The fourth-order valence-electron chi connectivity index (χ4n) is 2.34. The lowest BCUT2D eigenvalue weighted by molar-refractivity contribution is 0.00365. The Morgan fingerprint density at radius 1 is 1.31 bits per heavy atom. The maximum absolute atomic E-state index is 5.74. The molecule has 0 saturated heterocycles. The molecular formula is C11H23NO. The van der Waals surface area contributed by atoms with Crippen molar-refractivity contribution < 1.29 is 4.74 Å². The van der Waals surface area contributed by atoms with Gasteiger partial charge < -0.3 is 10.5 Å². The van der Waals surface area contributed by atoms with Gasteiger partial charge in [-0.15, -0.1) is 0 Å². The zero-order chi connectivity index (χ0) is 9.52. The molecule has 0 amide bonds. The van der Waals surface area contributed by atoms with E-state index in [2.05, 4.69) is 6.92 Å². The lowest BCUT2D eigenvalue weighted by atomic mass is 9.84. The van der Waals surface area contributed by atoms with Crippen molar-refractivity contribution in [2.24, 2.45) is 11.7 Å². The van der Waals surface area contributed by atoms with Gasteiger partial charge in [-0.05, 0) is 38.6 Å². The first kappa shape index (κ1) is 11.0. The molecule has 2 nitrogen and oxygen atoms in total. The predicted molar refractivity (Wildman–Crippen MR) is 55.7 cm³/mol. The third-order valence-corrected chi connectivity index (χ3v) is 3.01. The Bertz CT molecular complexity index is 115. The van der Waals surface area contributed by atoms with E-state index in [-0.39, 0.29) is 0 Å². The molecule has 1 fully saturated rings. The smallest absolute Gasteiger partial charge is 0.0615 e. The number of hydrogen-bond donors (Lipinski definition) is 1. The maximum Gasteiger partial charge on any atom is 0.0615 e. The van der Waals surface area contributed by atoms with Crippen LogP contribution in [0.2, 0.25) is 0 Å². The first-order valence-electron chi connectivity index (χ1n) is 5.70. The predicted octanol–water partition coefficient (Wildman–Crippen LogP) is 2.32. The van der Waals surface area contributed by atoms with Gasteiger partial charge in [0, 0.05) is 6.61 Å². The molecule has 0 radical (unpaired) electrons. The van der Waals surface area contributed by atoms with Gasteiger partial charge in [0.2, 0.25) is 0 Å². The molecule has 2 N–H and O–H groups in total. The minimum absolute atomic E-state index is 0.440. The highest BCUT2D eigenvalue weighted by molar-refractivity contribution is 4.74. The normalized spacial score (nSPS) is 21.7. The zero-order valence-electron chi connectivity index (χ0n) is 8.80. The van der Waals surface area contributed by atoms with Crippen LogP contribution in [0.3, 0.4) is 0 Å². The number of rotatable bonds is 5. The van der Waals surface area contributed by atoms with Gasteiger partial charge in [0.05, 0.1) is 6.10 Å². The summed E-state index contributed by atoms with van der Waals surface area (Å²) in [6, 6.07) is 0. The van der Waals surface area contributed by atoms with Gasteiger partial charge in [-0.25, -0.2) is 0 Å². The largest absolute Gasteiger partial charge is 0.378 e. The molecule has 13 heavy (non-hydrogen) atoms. The molecule has 1 rings (SSSR count). The summed E-state index contributed by atoms with van der Waals surface area (Å²) >= 11 is 0. The van der Waals surface area contributed by atoms with E-state index in [1.54, 1.807) is 0 Å². The summed E-state index contributed by atoms with van der Waals surface area (Å²) in [5.74, 6) is 0.789. The standard InChI is InChI=1S/C11H23NO/c1-2-13-11(8-9-12)10-6-4-3-5-7-10/h10-11H,2-9,12H2,1H3. The summed E-state index contributed by atoms with van der Waals surface area (Å²) in [7, 11) is 0. The van der Waals surface area contributed by atoms with Crippen molar-refractivity contribution in [2.45, 2.75) is 51.6 Å². The van der Waals surface area contributed by atoms with Crippen LogP contribution in [-0.4, -0.2) is 19.3 Å². The van der Waals surface area contributed by atoms with Crippen molar-refractivity contribution in [1.82, 2.24) is 0 Å². The van der Waals surface area contributed by atoms with Crippen LogP contribution in [0.5, 0.6) is 0 Å². The molecule has 0 aromatic rings. The summed E-state index contributed by atoms with van der Waals surface area (Å²) in [5.41, 5.74) is 5.59. The highest BCUT2D eigenvalue weighted by atomic mass is 16.5. The van der Waals surface area contributed by atoms with E-state index in [0.717, 1.165) is 25.5 Å². The summed E-state index contributed by atoms with van der Waals surface area (Å²) in [4.78, 5) is 0. The van der Waals surface area contributed by atoms with Gasteiger partial charge in [-0.3, -0.25) is 0 Å². The first-order chi connectivity index (χ1) is 6.38. The second-order valence-electron chi connectivity index (χ2n) is 3.97. The number of nitrogens with two attached hydrogens (primary N) is 1. The average molecular weight is 185 g/mol. The van der Waals surface area contributed by atoms with Crippen LogP contribution in [-0.2, 0) is 4.74 Å². The van der Waals surface area contributed by atoms with E-state index < -0.39 is 0 Å². The molecule has 0 spiro atoms. The van der Waals surface area contributed by atoms with Crippen LogP contribution >= 0.6 is 0 Å². The Hall–Kier alpha value is -0.0800. The van der Waals surface area contributed by atoms with Crippen LogP contribution in [0.1, 0.15) is 45.4 Å². The highest BCUT2D eigenvalue weighted by Gasteiger charge is 2.22. The third-order valence-electron chi connectivity index (χ3n) is 3.01. The fraction of sp³-hybridized carbons (Fsp3) is 1.00. The molecule has 1 saturated carbocycles. The van der Waals surface area contributed by atoms with Gasteiger partial charge in [0.25, 0.3) is 0 Å². The zero-order valence-corrected chi connectivity index (χ0v) is 8.80. The van der Waals surface area contributed by atoms with Crippen molar-refractivity contribution >= 4 is 0 Å². The molecule has 0 bridgehead atoms.